The Morgan fingerprint density at radius 3 is 2.34 bits per heavy atom. The van der Waals surface area contributed by atoms with Crippen molar-refractivity contribution in [3.05, 3.63) is 84.9 Å². The van der Waals surface area contributed by atoms with E-state index in [4.69, 9.17) is 4.74 Å². The van der Waals surface area contributed by atoms with E-state index in [1.807, 2.05) is 36.4 Å². The quantitative estimate of drug-likeness (QED) is 0.457. The average molecular weight is 405 g/mol. The fourth-order valence-electron chi connectivity index (χ4n) is 3.31. The largest absolute Gasteiger partial charge is 0.507 e. The van der Waals surface area contributed by atoms with Crippen LogP contribution in [0.4, 0.5) is 5.69 Å². The van der Waals surface area contributed by atoms with Gasteiger partial charge in [0.05, 0.1) is 12.0 Å². The average Bonchev–Trinajstić information content (AvgIpc) is 2.75. The highest BCUT2D eigenvalue weighted by Crippen LogP contribution is 2.42. The number of aromatic hydroxyl groups is 1. The van der Waals surface area contributed by atoms with Crippen LogP contribution >= 0.6 is 0 Å². The summed E-state index contributed by atoms with van der Waals surface area (Å²) in [6.07, 6.45) is 0. The van der Waals surface area contributed by atoms with Gasteiger partial charge in [0.2, 0.25) is 0 Å². The maximum absolute atomic E-state index is 12.7. The van der Waals surface area contributed by atoms with Crippen LogP contribution in [0.5, 0.6) is 11.5 Å². The number of methoxy groups -OCH3 is 1. The van der Waals surface area contributed by atoms with Crippen molar-refractivity contribution in [2.24, 2.45) is 0 Å². The van der Waals surface area contributed by atoms with E-state index < -0.39 is 10.0 Å². The van der Waals surface area contributed by atoms with Crippen LogP contribution in [-0.4, -0.2) is 20.6 Å². The zero-order valence-corrected chi connectivity index (χ0v) is 16.5. The highest BCUT2D eigenvalue weighted by molar-refractivity contribution is 7.92. The molecule has 6 heteroatoms. The first kappa shape index (κ1) is 18.8. The first-order valence-corrected chi connectivity index (χ1v) is 10.4. The lowest BCUT2D eigenvalue weighted by atomic mass is 9.96. The molecule has 0 bridgehead atoms. The van der Waals surface area contributed by atoms with E-state index in [1.54, 1.807) is 31.4 Å². The second-order valence-corrected chi connectivity index (χ2v) is 8.20. The third-order valence-corrected chi connectivity index (χ3v) is 6.08. The topological polar surface area (TPSA) is 75.6 Å². The van der Waals surface area contributed by atoms with Gasteiger partial charge in [-0.05, 0) is 47.2 Å². The summed E-state index contributed by atoms with van der Waals surface area (Å²) in [5.41, 5.74) is 1.52. The van der Waals surface area contributed by atoms with Gasteiger partial charge in [0.1, 0.15) is 11.5 Å². The van der Waals surface area contributed by atoms with Gasteiger partial charge < -0.3 is 9.84 Å². The van der Waals surface area contributed by atoms with Crippen molar-refractivity contribution in [1.82, 2.24) is 0 Å². The molecule has 4 aromatic carbocycles. The molecule has 0 heterocycles. The minimum atomic E-state index is -3.75. The van der Waals surface area contributed by atoms with Gasteiger partial charge in [-0.2, -0.15) is 0 Å². The number of sulfonamides is 1. The fraction of sp³-hybridized carbons (Fsp3) is 0.0435. The molecule has 0 fully saturated rings. The Hall–Kier alpha value is -3.51. The van der Waals surface area contributed by atoms with Crippen LogP contribution < -0.4 is 9.46 Å². The van der Waals surface area contributed by atoms with E-state index in [0.29, 0.717) is 22.6 Å². The first-order valence-electron chi connectivity index (χ1n) is 8.96. The van der Waals surface area contributed by atoms with E-state index in [0.717, 1.165) is 10.8 Å². The molecule has 0 aliphatic carbocycles. The smallest absolute Gasteiger partial charge is 0.261 e. The van der Waals surface area contributed by atoms with Gasteiger partial charge in [0, 0.05) is 16.8 Å². The summed E-state index contributed by atoms with van der Waals surface area (Å²) in [5.74, 6) is 0.615. The molecule has 0 saturated heterocycles. The van der Waals surface area contributed by atoms with Crippen molar-refractivity contribution in [3.63, 3.8) is 0 Å². The summed E-state index contributed by atoms with van der Waals surface area (Å²) < 4.78 is 33.4. The van der Waals surface area contributed by atoms with Gasteiger partial charge in [0.25, 0.3) is 10.0 Å². The Morgan fingerprint density at radius 2 is 1.59 bits per heavy atom. The Morgan fingerprint density at radius 1 is 0.862 bits per heavy atom. The third kappa shape index (κ3) is 3.62. The number of hydrogen-bond acceptors (Lipinski definition) is 4. The summed E-state index contributed by atoms with van der Waals surface area (Å²) in [6, 6.07) is 24.3. The molecule has 2 N–H and O–H groups in total. The maximum Gasteiger partial charge on any atom is 0.261 e. The number of nitrogens with one attached hydrogen (secondary N) is 1. The number of benzene rings is 4. The van der Waals surface area contributed by atoms with Crippen molar-refractivity contribution < 1.29 is 18.3 Å². The zero-order chi connectivity index (χ0) is 20.4. The zero-order valence-electron chi connectivity index (χ0n) is 15.7. The van der Waals surface area contributed by atoms with E-state index in [9.17, 15) is 13.5 Å². The van der Waals surface area contributed by atoms with Crippen LogP contribution in [-0.2, 0) is 10.0 Å². The molecule has 4 aromatic rings. The molecule has 29 heavy (non-hydrogen) atoms. The van der Waals surface area contributed by atoms with E-state index >= 15 is 0 Å². The van der Waals surface area contributed by atoms with Crippen LogP contribution in [0.25, 0.3) is 21.9 Å². The molecule has 5 nitrogen and oxygen atoms in total. The van der Waals surface area contributed by atoms with Crippen molar-refractivity contribution in [2.45, 2.75) is 4.90 Å². The van der Waals surface area contributed by atoms with Gasteiger partial charge in [-0.15, -0.1) is 0 Å². The predicted octanol–water partition coefficient (Wildman–Crippen LogP) is 5.02. The molecule has 0 spiro atoms. The van der Waals surface area contributed by atoms with Crippen molar-refractivity contribution in [1.29, 1.82) is 0 Å². The molecule has 0 unspecified atom stereocenters. The number of rotatable bonds is 5. The van der Waals surface area contributed by atoms with Crippen LogP contribution in [0.15, 0.2) is 89.8 Å². The van der Waals surface area contributed by atoms with Crippen LogP contribution in [0.3, 0.4) is 0 Å². The van der Waals surface area contributed by atoms with Crippen molar-refractivity contribution >= 4 is 26.5 Å². The van der Waals surface area contributed by atoms with E-state index in [1.165, 1.54) is 24.3 Å². The summed E-state index contributed by atoms with van der Waals surface area (Å²) in [5, 5.41) is 12.4. The second kappa shape index (κ2) is 7.48. The van der Waals surface area contributed by atoms with Gasteiger partial charge in [-0.1, -0.05) is 48.5 Å². The minimum Gasteiger partial charge on any atom is -0.507 e. The molecule has 0 aromatic heterocycles. The lowest BCUT2D eigenvalue weighted by molar-refractivity contribution is 0.416. The van der Waals surface area contributed by atoms with Gasteiger partial charge >= 0.3 is 0 Å². The summed E-state index contributed by atoms with van der Waals surface area (Å²) in [4.78, 5) is 0.164. The van der Waals surface area contributed by atoms with Gasteiger partial charge in [0.15, 0.2) is 0 Å². The van der Waals surface area contributed by atoms with Crippen LogP contribution in [0.1, 0.15) is 0 Å². The Bertz CT molecular complexity index is 1290. The van der Waals surface area contributed by atoms with Crippen LogP contribution in [0.2, 0.25) is 0 Å². The number of phenolic OH excluding ortho intramolecular Hbond substituents is 1. The highest BCUT2D eigenvalue weighted by atomic mass is 32.2. The Labute approximate surface area is 169 Å². The normalized spacial score (nSPS) is 11.3. The molecule has 146 valence electrons. The molecule has 4 rings (SSSR count). The lowest BCUT2D eigenvalue weighted by Crippen LogP contribution is -2.12. The standard InChI is InChI=1S/C23H19NO4S/c1-28-22-14-11-16-7-5-6-10-19(16)23(22)20-15-17(12-13-21(20)25)24-29(26,27)18-8-3-2-4-9-18/h2-15,24-25H,1H3. The molecule has 0 atom stereocenters. The van der Waals surface area contributed by atoms with Gasteiger partial charge in [-0.25, -0.2) is 8.42 Å². The van der Waals surface area contributed by atoms with Gasteiger partial charge in [-0.3, -0.25) is 4.72 Å². The molecule has 0 aliphatic heterocycles. The number of fused-ring (bicyclic) bond motifs is 1. The molecular weight excluding hydrogens is 386 g/mol. The number of ether oxygens (including phenoxy) is 1. The summed E-state index contributed by atoms with van der Waals surface area (Å²) >= 11 is 0. The van der Waals surface area contributed by atoms with Crippen molar-refractivity contribution in [2.75, 3.05) is 11.8 Å². The monoisotopic (exact) mass is 405 g/mol. The number of anilines is 1. The van der Waals surface area contributed by atoms with Crippen molar-refractivity contribution in [3.8, 4) is 22.6 Å². The molecule has 0 radical (unpaired) electrons. The van der Waals surface area contributed by atoms with Crippen LogP contribution in [0, 0.1) is 0 Å². The number of hydrogen-bond donors (Lipinski definition) is 2. The number of phenols is 1. The Balaban J connectivity index is 1.85. The van der Waals surface area contributed by atoms with E-state index in [2.05, 4.69) is 4.72 Å². The first-order chi connectivity index (χ1) is 14.0. The fourth-order valence-corrected chi connectivity index (χ4v) is 4.38. The minimum absolute atomic E-state index is 0.0299. The molecule has 0 saturated carbocycles. The predicted molar refractivity (Wildman–Crippen MR) is 115 cm³/mol. The maximum atomic E-state index is 12.7. The Kier molecular flexibility index (Phi) is 4.86. The molecule has 0 aliphatic rings. The lowest BCUT2D eigenvalue weighted by Gasteiger charge is -2.15. The second-order valence-electron chi connectivity index (χ2n) is 6.51. The SMILES string of the molecule is COc1ccc2ccccc2c1-c1cc(NS(=O)(=O)c2ccccc2)ccc1O. The molecular formula is C23H19NO4S. The summed E-state index contributed by atoms with van der Waals surface area (Å²) in [7, 11) is -2.18. The van der Waals surface area contributed by atoms with E-state index in [-0.39, 0.29) is 10.6 Å². The molecule has 0 amide bonds. The summed E-state index contributed by atoms with van der Waals surface area (Å²) in [6.45, 7) is 0. The highest BCUT2D eigenvalue weighted by Gasteiger charge is 2.18. The third-order valence-electron chi connectivity index (χ3n) is 4.68.